The Bertz CT molecular complexity index is 840. The maximum atomic E-state index is 12.7. The van der Waals surface area contributed by atoms with E-state index in [-0.39, 0.29) is 17.4 Å². The molecule has 29 heavy (non-hydrogen) atoms. The summed E-state index contributed by atoms with van der Waals surface area (Å²) < 4.78 is 28.3. The smallest absolute Gasteiger partial charge is 0.329 e. The molecule has 2 amide bonds. The van der Waals surface area contributed by atoms with Gasteiger partial charge in [0.2, 0.25) is 0 Å². The summed E-state index contributed by atoms with van der Waals surface area (Å²) in [5.41, 5.74) is 0.418. The minimum Gasteiger partial charge on any atom is -0.451 e. The van der Waals surface area contributed by atoms with E-state index in [0.717, 1.165) is 0 Å². The first-order valence-corrected chi connectivity index (χ1v) is 11.5. The zero-order valence-corrected chi connectivity index (χ0v) is 17.7. The number of esters is 1. The van der Waals surface area contributed by atoms with Gasteiger partial charge in [0.05, 0.1) is 11.5 Å². The van der Waals surface area contributed by atoms with Crippen molar-refractivity contribution >= 4 is 27.6 Å². The standard InChI is InChI=1S/C20H28N2O6S/c1-4-13(2)17(22-19(24)15-8-6-5-7-9-15)20(25)28-14(3)18(23)21-16-10-11-29(26,27)12-16/h5-9,13-14,16-17H,4,10-12H2,1-3H3,(H,21,23)(H,22,24)/t13-,14+,16+,17-/m0/s1. The van der Waals surface area contributed by atoms with Crippen molar-refractivity contribution in [1.82, 2.24) is 10.6 Å². The van der Waals surface area contributed by atoms with E-state index < -0.39 is 45.8 Å². The second-order valence-electron chi connectivity index (χ2n) is 7.39. The zero-order valence-electron chi connectivity index (χ0n) is 16.9. The molecule has 4 atom stereocenters. The number of hydrogen-bond donors (Lipinski definition) is 2. The molecule has 1 saturated heterocycles. The lowest BCUT2D eigenvalue weighted by Crippen LogP contribution is -2.49. The number of amides is 2. The van der Waals surface area contributed by atoms with Gasteiger partial charge in [-0.15, -0.1) is 0 Å². The normalized spacial score (nSPS) is 20.9. The number of benzene rings is 1. The minimum atomic E-state index is -3.13. The van der Waals surface area contributed by atoms with Gasteiger partial charge in [-0.25, -0.2) is 13.2 Å². The molecule has 1 aliphatic heterocycles. The largest absolute Gasteiger partial charge is 0.451 e. The number of hydrogen-bond acceptors (Lipinski definition) is 6. The van der Waals surface area contributed by atoms with Crippen molar-refractivity contribution in [2.24, 2.45) is 5.92 Å². The van der Waals surface area contributed by atoms with Crippen LogP contribution in [0, 0.1) is 5.92 Å². The van der Waals surface area contributed by atoms with Crippen LogP contribution in [0.15, 0.2) is 30.3 Å². The lowest BCUT2D eigenvalue weighted by atomic mass is 9.98. The molecule has 9 heteroatoms. The van der Waals surface area contributed by atoms with Crippen molar-refractivity contribution < 1.29 is 27.5 Å². The summed E-state index contributed by atoms with van der Waals surface area (Å²) in [5.74, 6) is -1.94. The number of ether oxygens (including phenoxy) is 1. The van der Waals surface area contributed by atoms with Gasteiger partial charge < -0.3 is 15.4 Å². The molecule has 1 fully saturated rings. The lowest BCUT2D eigenvalue weighted by molar-refractivity contribution is -0.158. The Kier molecular flexibility index (Phi) is 7.78. The van der Waals surface area contributed by atoms with Crippen LogP contribution in [-0.4, -0.2) is 55.9 Å². The molecule has 160 valence electrons. The highest BCUT2D eigenvalue weighted by molar-refractivity contribution is 7.91. The van der Waals surface area contributed by atoms with Gasteiger partial charge in [-0.2, -0.15) is 0 Å². The Hall–Kier alpha value is -2.42. The molecule has 2 rings (SSSR count). The van der Waals surface area contributed by atoms with Gasteiger partial charge in [0, 0.05) is 11.6 Å². The third-order valence-corrected chi connectivity index (χ3v) is 6.80. The van der Waals surface area contributed by atoms with Crippen LogP contribution in [0.4, 0.5) is 0 Å². The molecule has 0 aliphatic carbocycles. The number of sulfone groups is 1. The van der Waals surface area contributed by atoms with Crippen molar-refractivity contribution in [2.45, 2.75) is 51.8 Å². The number of rotatable bonds is 8. The third kappa shape index (κ3) is 6.56. The van der Waals surface area contributed by atoms with E-state index in [1.54, 1.807) is 30.3 Å². The van der Waals surface area contributed by atoms with Crippen LogP contribution in [0.1, 0.15) is 44.0 Å². The van der Waals surface area contributed by atoms with Gasteiger partial charge in [0.25, 0.3) is 11.8 Å². The van der Waals surface area contributed by atoms with E-state index in [1.165, 1.54) is 6.92 Å². The monoisotopic (exact) mass is 424 g/mol. The van der Waals surface area contributed by atoms with Crippen LogP contribution in [0.25, 0.3) is 0 Å². The highest BCUT2D eigenvalue weighted by Gasteiger charge is 2.33. The fourth-order valence-corrected chi connectivity index (χ4v) is 4.69. The van der Waals surface area contributed by atoms with Gasteiger partial charge in [-0.3, -0.25) is 9.59 Å². The Labute approximate surface area is 171 Å². The van der Waals surface area contributed by atoms with E-state index in [0.29, 0.717) is 18.4 Å². The molecular formula is C20H28N2O6S. The molecule has 1 aliphatic rings. The Morgan fingerprint density at radius 3 is 2.38 bits per heavy atom. The molecule has 0 aromatic heterocycles. The number of carbonyl (C=O) groups is 3. The van der Waals surface area contributed by atoms with Gasteiger partial charge in [0.15, 0.2) is 15.9 Å². The lowest BCUT2D eigenvalue weighted by Gasteiger charge is -2.25. The minimum absolute atomic E-state index is 0.0354. The number of nitrogens with one attached hydrogen (secondary N) is 2. The zero-order chi connectivity index (χ0) is 21.6. The molecule has 2 N–H and O–H groups in total. The van der Waals surface area contributed by atoms with Crippen LogP contribution in [0.3, 0.4) is 0 Å². The molecule has 8 nitrogen and oxygen atoms in total. The molecule has 0 bridgehead atoms. The van der Waals surface area contributed by atoms with Crippen molar-refractivity contribution in [3.05, 3.63) is 35.9 Å². The summed E-state index contributed by atoms with van der Waals surface area (Å²) in [7, 11) is -3.13. The van der Waals surface area contributed by atoms with E-state index in [4.69, 9.17) is 4.74 Å². The van der Waals surface area contributed by atoms with E-state index in [1.807, 2.05) is 13.8 Å². The van der Waals surface area contributed by atoms with Gasteiger partial charge in [0.1, 0.15) is 6.04 Å². The molecule has 0 unspecified atom stereocenters. The Morgan fingerprint density at radius 1 is 1.17 bits per heavy atom. The first-order chi connectivity index (χ1) is 13.6. The first-order valence-electron chi connectivity index (χ1n) is 9.70. The van der Waals surface area contributed by atoms with E-state index >= 15 is 0 Å². The second kappa shape index (κ2) is 9.87. The van der Waals surface area contributed by atoms with Gasteiger partial charge in [-0.05, 0) is 31.4 Å². The summed E-state index contributed by atoms with van der Waals surface area (Å²) >= 11 is 0. The average molecular weight is 425 g/mol. The maximum Gasteiger partial charge on any atom is 0.329 e. The van der Waals surface area contributed by atoms with Crippen LogP contribution in [0.2, 0.25) is 0 Å². The maximum absolute atomic E-state index is 12.7. The van der Waals surface area contributed by atoms with Gasteiger partial charge in [-0.1, -0.05) is 38.5 Å². The van der Waals surface area contributed by atoms with Crippen LogP contribution >= 0.6 is 0 Å². The third-order valence-electron chi connectivity index (χ3n) is 5.03. The Balaban J connectivity index is 1.97. The molecular weight excluding hydrogens is 396 g/mol. The number of carbonyl (C=O) groups excluding carboxylic acids is 3. The van der Waals surface area contributed by atoms with Crippen LogP contribution in [-0.2, 0) is 24.2 Å². The molecule has 0 spiro atoms. The predicted octanol–water partition coefficient (Wildman–Crippen LogP) is 1.07. The summed E-state index contributed by atoms with van der Waals surface area (Å²) in [6.45, 7) is 5.12. The highest BCUT2D eigenvalue weighted by Crippen LogP contribution is 2.14. The molecule has 0 saturated carbocycles. The van der Waals surface area contributed by atoms with Crippen molar-refractivity contribution in [1.29, 1.82) is 0 Å². The van der Waals surface area contributed by atoms with Crippen molar-refractivity contribution in [3.8, 4) is 0 Å². The Morgan fingerprint density at radius 2 is 1.83 bits per heavy atom. The van der Waals surface area contributed by atoms with Crippen molar-refractivity contribution in [2.75, 3.05) is 11.5 Å². The fraction of sp³-hybridized carbons (Fsp3) is 0.550. The molecule has 1 aromatic rings. The van der Waals surface area contributed by atoms with E-state index in [9.17, 15) is 22.8 Å². The highest BCUT2D eigenvalue weighted by atomic mass is 32.2. The van der Waals surface area contributed by atoms with E-state index in [2.05, 4.69) is 10.6 Å². The topological polar surface area (TPSA) is 119 Å². The molecule has 1 heterocycles. The predicted molar refractivity (Wildman–Crippen MR) is 108 cm³/mol. The quantitative estimate of drug-likeness (QED) is 0.603. The van der Waals surface area contributed by atoms with Crippen LogP contribution in [0.5, 0.6) is 0 Å². The summed E-state index contributed by atoms with van der Waals surface area (Å²) in [5, 5.41) is 5.29. The first kappa shape index (κ1) is 22.9. The summed E-state index contributed by atoms with van der Waals surface area (Å²) in [4.78, 5) is 37.4. The van der Waals surface area contributed by atoms with Crippen LogP contribution < -0.4 is 10.6 Å². The summed E-state index contributed by atoms with van der Waals surface area (Å²) in [6.07, 6.45) is -0.141. The molecule has 0 radical (unpaired) electrons. The molecule has 1 aromatic carbocycles. The van der Waals surface area contributed by atoms with Crippen molar-refractivity contribution in [3.63, 3.8) is 0 Å². The second-order valence-corrected chi connectivity index (χ2v) is 9.62. The van der Waals surface area contributed by atoms with Gasteiger partial charge >= 0.3 is 5.97 Å². The fourth-order valence-electron chi connectivity index (χ4n) is 3.01. The SMILES string of the molecule is CC[C@H](C)[C@H](NC(=O)c1ccccc1)C(=O)O[C@H](C)C(=O)N[C@@H]1CCS(=O)(=O)C1. The average Bonchev–Trinajstić information content (AvgIpc) is 3.03. The summed E-state index contributed by atoms with van der Waals surface area (Å²) in [6, 6.07) is 7.13.